The summed E-state index contributed by atoms with van der Waals surface area (Å²) < 4.78 is 17.1. The van der Waals surface area contributed by atoms with Crippen molar-refractivity contribution in [2.45, 2.75) is 32.1 Å². The van der Waals surface area contributed by atoms with Crippen molar-refractivity contribution in [3.63, 3.8) is 0 Å². The first-order valence-corrected chi connectivity index (χ1v) is 9.04. The highest BCUT2D eigenvalue weighted by molar-refractivity contribution is 5.97. The number of hydrogen-bond acceptors (Lipinski definition) is 4. The minimum atomic E-state index is -0.148. The molecule has 2 atom stereocenters. The second-order valence-electron chi connectivity index (χ2n) is 6.21. The summed E-state index contributed by atoms with van der Waals surface area (Å²) in [6.45, 7) is 4.09. The molecule has 0 saturated carbocycles. The fourth-order valence-electron chi connectivity index (χ4n) is 3.02. The third kappa shape index (κ3) is 4.84. The van der Waals surface area contributed by atoms with Crippen LogP contribution in [0.5, 0.6) is 5.75 Å². The van der Waals surface area contributed by atoms with Crippen molar-refractivity contribution in [1.29, 1.82) is 0 Å². The largest absolute Gasteiger partial charge is 0.488 e. The van der Waals surface area contributed by atoms with Crippen molar-refractivity contribution in [1.82, 2.24) is 5.32 Å². The zero-order valence-corrected chi connectivity index (χ0v) is 15.0. The highest BCUT2D eigenvalue weighted by Gasteiger charge is 2.28. The maximum Gasteiger partial charge on any atom is 0.255 e. The van der Waals surface area contributed by atoms with E-state index in [1.54, 1.807) is 6.07 Å². The molecule has 0 aliphatic carbocycles. The molecule has 26 heavy (non-hydrogen) atoms. The van der Waals surface area contributed by atoms with Gasteiger partial charge in [0.2, 0.25) is 0 Å². The molecule has 1 amide bonds. The van der Waals surface area contributed by atoms with Crippen LogP contribution in [0.3, 0.4) is 0 Å². The zero-order valence-electron chi connectivity index (χ0n) is 15.0. The van der Waals surface area contributed by atoms with Gasteiger partial charge < -0.3 is 19.5 Å². The van der Waals surface area contributed by atoms with Crippen LogP contribution in [0.25, 0.3) is 0 Å². The van der Waals surface area contributed by atoms with Gasteiger partial charge in [-0.3, -0.25) is 4.79 Å². The summed E-state index contributed by atoms with van der Waals surface area (Å²) in [6, 6.07) is 17.2. The van der Waals surface area contributed by atoms with E-state index in [1.807, 2.05) is 55.5 Å². The SMILES string of the molecule is CCO[C@@H]1COCC[C@H]1NC(=O)c1ccccc1OCc1ccccc1. The number of rotatable bonds is 7. The summed E-state index contributed by atoms with van der Waals surface area (Å²) in [5.74, 6) is 0.430. The molecule has 1 fully saturated rings. The second-order valence-corrected chi connectivity index (χ2v) is 6.21. The van der Waals surface area contributed by atoms with E-state index in [0.29, 0.717) is 37.7 Å². The Kier molecular flexibility index (Phi) is 6.63. The highest BCUT2D eigenvalue weighted by Crippen LogP contribution is 2.21. The van der Waals surface area contributed by atoms with Gasteiger partial charge in [-0.15, -0.1) is 0 Å². The van der Waals surface area contributed by atoms with Gasteiger partial charge in [0.1, 0.15) is 18.5 Å². The van der Waals surface area contributed by atoms with Crippen LogP contribution in [0, 0.1) is 0 Å². The van der Waals surface area contributed by atoms with E-state index >= 15 is 0 Å². The molecular weight excluding hydrogens is 330 g/mol. The van der Waals surface area contributed by atoms with Gasteiger partial charge in [0.15, 0.2) is 0 Å². The summed E-state index contributed by atoms with van der Waals surface area (Å²) in [4.78, 5) is 12.8. The number of hydrogen-bond donors (Lipinski definition) is 1. The molecule has 1 saturated heterocycles. The highest BCUT2D eigenvalue weighted by atomic mass is 16.5. The summed E-state index contributed by atoms with van der Waals surface area (Å²) in [5.41, 5.74) is 1.59. The predicted octanol–water partition coefficient (Wildman–Crippen LogP) is 3.19. The molecule has 0 spiro atoms. The van der Waals surface area contributed by atoms with Crippen LogP contribution in [-0.2, 0) is 16.1 Å². The first-order chi connectivity index (χ1) is 12.8. The lowest BCUT2D eigenvalue weighted by molar-refractivity contribution is -0.0632. The summed E-state index contributed by atoms with van der Waals surface area (Å²) >= 11 is 0. The topological polar surface area (TPSA) is 56.8 Å². The average Bonchev–Trinajstić information content (AvgIpc) is 2.69. The number of ether oxygens (including phenoxy) is 3. The normalized spacial score (nSPS) is 19.7. The van der Waals surface area contributed by atoms with Crippen LogP contribution in [-0.4, -0.2) is 37.9 Å². The third-order valence-electron chi connectivity index (χ3n) is 4.37. The Morgan fingerprint density at radius 2 is 1.92 bits per heavy atom. The molecule has 0 bridgehead atoms. The van der Waals surface area contributed by atoms with Gasteiger partial charge >= 0.3 is 0 Å². The third-order valence-corrected chi connectivity index (χ3v) is 4.37. The summed E-state index contributed by atoms with van der Waals surface area (Å²) in [6.07, 6.45) is 0.624. The maximum absolute atomic E-state index is 12.8. The van der Waals surface area contributed by atoms with Crippen LogP contribution in [0.4, 0.5) is 0 Å². The Hall–Kier alpha value is -2.37. The number of para-hydroxylation sites is 1. The molecule has 5 heteroatoms. The van der Waals surface area contributed by atoms with Gasteiger partial charge in [-0.05, 0) is 31.0 Å². The Bertz CT molecular complexity index is 702. The predicted molar refractivity (Wildman–Crippen MR) is 99.3 cm³/mol. The van der Waals surface area contributed by atoms with Crippen LogP contribution < -0.4 is 10.1 Å². The van der Waals surface area contributed by atoms with Gasteiger partial charge in [0.25, 0.3) is 5.91 Å². The molecule has 0 unspecified atom stereocenters. The molecule has 1 aliphatic heterocycles. The van der Waals surface area contributed by atoms with Crippen molar-refractivity contribution in [3.8, 4) is 5.75 Å². The molecule has 3 rings (SSSR count). The Morgan fingerprint density at radius 1 is 1.15 bits per heavy atom. The van der Waals surface area contributed by atoms with Crippen LogP contribution in [0.1, 0.15) is 29.3 Å². The van der Waals surface area contributed by atoms with Gasteiger partial charge in [0, 0.05) is 13.2 Å². The van der Waals surface area contributed by atoms with Crippen LogP contribution in [0.15, 0.2) is 54.6 Å². The number of amides is 1. The summed E-state index contributed by atoms with van der Waals surface area (Å²) in [7, 11) is 0. The lowest BCUT2D eigenvalue weighted by Gasteiger charge is -2.32. The number of carbonyl (C=O) groups is 1. The molecule has 0 aromatic heterocycles. The lowest BCUT2D eigenvalue weighted by Crippen LogP contribution is -2.50. The van der Waals surface area contributed by atoms with E-state index in [1.165, 1.54) is 0 Å². The molecule has 1 heterocycles. The van der Waals surface area contributed by atoms with Gasteiger partial charge in [-0.25, -0.2) is 0 Å². The van der Waals surface area contributed by atoms with E-state index in [2.05, 4.69) is 5.32 Å². The molecule has 5 nitrogen and oxygen atoms in total. The lowest BCUT2D eigenvalue weighted by atomic mass is 10.0. The van der Waals surface area contributed by atoms with E-state index in [9.17, 15) is 4.79 Å². The van der Waals surface area contributed by atoms with Crippen molar-refractivity contribution >= 4 is 5.91 Å². The Labute approximate surface area is 154 Å². The number of carbonyl (C=O) groups excluding carboxylic acids is 1. The fraction of sp³-hybridized carbons (Fsp3) is 0.381. The standard InChI is InChI=1S/C21H25NO4/c1-2-25-20-15-24-13-12-18(20)22-21(23)17-10-6-7-11-19(17)26-14-16-8-4-3-5-9-16/h3-11,18,20H,2,12-15H2,1H3,(H,22,23)/t18-,20-/m1/s1. The van der Waals surface area contributed by atoms with Crippen molar-refractivity contribution in [2.24, 2.45) is 0 Å². The van der Waals surface area contributed by atoms with Gasteiger partial charge in [-0.2, -0.15) is 0 Å². The fourth-order valence-corrected chi connectivity index (χ4v) is 3.02. The first-order valence-electron chi connectivity index (χ1n) is 9.04. The van der Waals surface area contributed by atoms with Gasteiger partial charge in [-0.1, -0.05) is 42.5 Å². The quantitative estimate of drug-likeness (QED) is 0.829. The molecule has 0 radical (unpaired) electrons. The second kappa shape index (κ2) is 9.36. The smallest absolute Gasteiger partial charge is 0.255 e. The summed E-state index contributed by atoms with van der Waals surface area (Å²) in [5, 5.41) is 3.08. The molecular formula is C21H25NO4. The molecule has 2 aromatic rings. The zero-order chi connectivity index (χ0) is 18.2. The minimum Gasteiger partial charge on any atom is -0.488 e. The monoisotopic (exact) mass is 355 g/mol. The van der Waals surface area contributed by atoms with Crippen molar-refractivity contribution in [3.05, 3.63) is 65.7 Å². The first kappa shape index (κ1) is 18.4. The number of nitrogens with one attached hydrogen (secondary N) is 1. The Balaban J connectivity index is 1.67. The van der Waals surface area contributed by atoms with E-state index in [4.69, 9.17) is 14.2 Å². The van der Waals surface area contributed by atoms with E-state index in [0.717, 1.165) is 12.0 Å². The van der Waals surface area contributed by atoms with Crippen molar-refractivity contribution in [2.75, 3.05) is 19.8 Å². The number of benzene rings is 2. The molecule has 2 aromatic carbocycles. The van der Waals surface area contributed by atoms with Crippen molar-refractivity contribution < 1.29 is 19.0 Å². The molecule has 138 valence electrons. The average molecular weight is 355 g/mol. The van der Waals surface area contributed by atoms with Crippen LogP contribution >= 0.6 is 0 Å². The Morgan fingerprint density at radius 3 is 2.73 bits per heavy atom. The molecule has 1 aliphatic rings. The van der Waals surface area contributed by atoms with Crippen LogP contribution in [0.2, 0.25) is 0 Å². The molecule has 1 N–H and O–H groups in total. The maximum atomic E-state index is 12.8. The van der Waals surface area contributed by atoms with E-state index in [-0.39, 0.29) is 18.1 Å². The van der Waals surface area contributed by atoms with E-state index < -0.39 is 0 Å². The minimum absolute atomic E-state index is 0.0571. The van der Waals surface area contributed by atoms with Gasteiger partial charge in [0.05, 0.1) is 18.2 Å².